The second kappa shape index (κ2) is 7.16. The van der Waals surface area contributed by atoms with Gasteiger partial charge in [-0.15, -0.1) is 0 Å². The van der Waals surface area contributed by atoms with Crippen LogP contribution >= 0.6 is 23.2 Å². The lowest BCUT2D eigenvalue weighted by molar-refractivity contribution is 0.0697. The highest BCUT2D eigenvalue weighted by molar-refractivity contribution is 7.90. The second-order valence-electron chi connectivity index (χ2n) is 5.77. The number of carboxylic acid groups (broad SMARTS) is 1. The van der Waals surface area contributed by atoms with Gasteiger partial charge in [0.05, 0.1) is 28.8 Å². The van der Waals surface area contributed by atoms with Crippen LogP contribution in [0, 0.1) is 0 Å². The van der Waals surface area contributed by atoms with E-state index in [0.29, 0.717) is 4.31 Å². The molecule has 2 aromatic rings. The van der Waals surface area contributed by atoms with Crippen LogP contribution < -0.4 is 4.74 Å². The van der Waals surface area contributed by atoms with Gasteiger partial charge in [-0.05, 0) is 18.6 Å². The topological polar surface area (TPSA) is 121 Å². The number of phenols is 1. The van der Waals surface area contributed by atoms with Gasteiger partial charge in [-0.3, -0.25) is 4.79 Å². The van der Waals surface area contributed by atoms with Gasteiger partial charge in [-0.1, -0.05) is 29.3 Å². The predicted octanol–water partition coefficient (Wildman–Crippen LogP) is 3.14. The number of hydrogen-bond donors (Lipinski definition) is 2. The van der Waals surface area contributed by atoms with Gasteiger partial charge >= 0.3 is 5.97 Å². The average Bonchev–Trinajstić information content (AvgIpc) is 2.77. The molecule has 0 unspecified atom stereocenters. The molecule has 28 heavy (non-hydrogen) atoms. The Morgan fingerprint density at radius 3 is 2.54 bits per heavy atom. The first-order valence-electron chi connectivity index (χ1n) is 7.86. The number of carbonyl (C=O) groups is 2. The summed E-state index contributed by atoms with van der Waals surface area (Å²) in [6.07, 6.45) is 0. The molecule has 2 aromatic carbocycles. The maximum absolute atomic E-state index is 12.9. The number of hydrogen-bond acceptors (Lipinski definition) is 6. The Kier molecular flexibility index (Phi) is 5.18. The molecule has 0 saturated carbocycles. The molecular formula is C17H13Cl2NO7S. The van der Waals surface area contributed by atoms with E-state index in [4.69, 9.17) is 27.9 Å². The molecule has 0 atom stereocenters. The van der Waals surface area contributed by atoms with E-state index in [1.807, 2.05) is 0 Å². The molecule has 1 amide bonds. The van der Waals surface area contributed by atoms with E-state index in [1.54, 1.807) is 6.92 Å². The fourth-order valence-electron chi connectivity index (χ4n) is 2.84. The number of amides is 1. The molecule has 2 N–H and O–H groups in total. The zero-order chi connectivity index (χ0) is 20.8. The number of halogens is 2. The largest absolute Gasteiger partial charge is 0.508 e. The molecule has 0 radical (unpaired) electrons. The van der Waals surface area contributed by atoms with Gasteiger partial charge in [-0.25, -0.2) is 17.5 Å². The summed E-state index contributed by atoms with van der Waals surface area (Å²) in [7, 11) is -4.31. The number of aromatic hydroxyl groups is 1. The summed E-state index contributed by atoms with van der Waals surface area (Å²) in [6, 6.07) is 4.70. The van der Waals surface area contributed by atoms with Gasteiger partial charge in [0.15, 0.2) is 0 Å². The zero-order valence-corrected chi connectivity index (χ0v) is 16.6. The molecule has 3 rings (SSSR count). The van der Waals surface area contributed by atoms with Crippen molar-refractivity contribution in [3.63, 3.8) is 0 Å². The van der Waals surface area contributed by atoms with Crippen molar-refractivity contribution in [2.75, 3.05) is 6.61 Å². The molecule has 0 aliphatic carbocycles. The Labute approximate surface area is 169 Å². The van der Waals surface area contributed by atoms with Crippen molar-refractivity contribution in [3.05, 3.63) is 51.0 Å². The van der Waals surface area contributed by atoms with Crippen LogP contribution in [0.3, 0.4) is 0 Å². The first-order chi connectivity index (χ1) is 13.1. The van der Waals surface area contributed by atoms with E-state index in [-0.39, 0.29) is 39.3 Å². The third-order valence-electron chi connectivity index (χ3n) is 4.06. The average molecular weight is 446 g/mol. The van der Waals surface area contributed by atoms with Crippen molar-refractivity contribution in [1.29, 1.82) is 0 Å². The summed E-state index contributed by atoms with van der Waals surface area (Å²) in [4.78, 5) is 23.8. The summed E-state index contributed by atoms with van der Waals surface area (Å²) in [5.74, 6) is -2.71. The van der Waals surface area contributed by atoms with Crippen molar-refractivity contribution in [2.45, 2.75) is 18.4 Å². The summed E-state index contributed by atoms with van der Waals surface area (Å²) in [6.45, 7) is 1.27. The SMILES string of the molecule is CCOc1cc(O)cc2c1C(=O)N(Cc1ccc(Cl)c(C(=O)O)c1Cl)S2(=O)=O. The zero-order valence-electron chi connectivity index (χ0n) is 14.3. The molecule has 1 aliphatic rings. The summed E-state index contributed by atoms with van der Waals surface area (Å²) in [5, 5.41) is 18.6. The number of sulfonamides is 1. The maximum atomic E-state index is 12.9. The molecule has 0 bridgehead atoms. The van der Waals surface area contributed by atoms with Gasteiger partial charge in [0.1, 0.15) is 22.0 Å². The maximum Gasteiger partial charge on any atom is 0.338 e. The number of nitrogens with zero attached hydrogens (tertiary/aromatic N) is 1. The van der Waals surface area contributed by atoms with Crippen LogP contribution in [-0.2, 0) is 16.6 Å². The third kappa shape index (κ3) is 3.15. The predicted molar refractivity (Wildman–Crippen MR) is 99.8 cm³/mol. The number of benzene rings is 2. The number of rotatable bonds is 5. The normalized spacial score (nSPS) is 14.8. The van der Waals surface area contributed by atoms with Gasteiger partial charge in [-0.2, -0.15) is 0 Å². The lowest BCUT2D eigenvalue weighted by Crippen LogP contribution is -2.29. The van der Waals surface area contributed by atoms with Crippen LogP contribution in [-0.4, -0.2) is 41.4 Å². The van der Waals surface area contributed by atoms with Crippen LogP contribution in [0.4, 0.5) is 0 Å². The highest BCUT2D eigenvalue weighted by Gasteiger charge is 2.44. The Morgan fingerprint density at radius 2 is 1.93 bits per heavy atom. The number of fused-ring (bicyclic) bond motifs is 1. The lowest BCUT2D eigenvalue weighted by Gasteiger charge is -2.17. The number of phenolic OH excluding ortho intramolecular Hbond substituents is 1. The van der Waals surface area contributed by atoms with Gasteiger partial charge < -0.3 is 14.9 Å². The second-order valence-corrected chi connectivity index (χ2v) is 8.38. The summed E-state index contributed by atoms with van der Waals surface area (Å²) in [5.41, 5.74) is -0.520. The third-order valence-corrected chi connectivity index (χ3v) is 6.56. The van der Waals surface area contributed by atoms with Crippen molar-refractivity contribution in [1.82, 2.24) is 4.31 Å². The first-order valence-corrected chi connectivity index (χ1v) is 10.1. The molecule has 0 spiro atoms. The number of ether oxygens (including phenoxy) is 1. The highest BCUT2D eigenvalue weighted by Crippen LogP contribution is 2.41. The van der Waals surface area contributed by atoms with E-state index in [2.05, 4.69) is 0 Å². The number of carboxylic acids is 1. The summed E-state index contributed by atoms with van der Waals surface area (Å²) < 4.78 is 31.5. The summed E-state index contributed by atoms with van der Waals surface area (Å²) >= 11 is 11.9. The standard InChI is InChI=1S/C17H13Cl2NO7S/c1-2-27-11-5-9(21)6-12-14(11)16(22)20(28(12,25)26)7-8-3-4-10(18)13(15(8)19)17(23)24/h3-6,21H,2,7H2,1H3,(H,23,24). The van der Waals surface area contributed by atoms with E-state index >= 15 is 0 Å². The number of aromatic carboxylic acids is 1. The van der Waals surface area contributed by atoms with Crippen molar-refractivity contribution >= 4 is 45.1 Å². The van der Waals surface area contributed by atoms with E-state index < -0.39 is 38.9 Å². The van der Waals surface area contributed by atoms with E-state index in [1.165, 1.54) is 12.1 Å². The quantitative estimate of drug-likeness (QED) is 0.724. The molecular weight excluding hydrogens is 433 g/mol. The van der Waals surface area contributed by atoms with Crippen LogP contribution in [0.1, 0.15) is 33.2 Å². The molecule has 8 nitrogen and oxygen atoms in total. The minimum absolute atomic E-state index is 0.0676. The molecule has 0 fully saturated rings. The van der Waals surface area contributed by atoms with Crippen LogP contribution in [0.2, 0.25) is 10.0 Å². The minimum Gasteiger partial charge on any atom is -0.508 e. The van der Waals surface area contributed by atoms with Crippen molar-refractivity contribution < 1.29 is 33.0 Å². The number of carbonyl (C=O) groups excluding carboxylic acids is 1. The lowest BCUT2D eigenvalue weighted by atomic mass is 10.1. The monoisotopic (exact) mass is 445 g/mol. The van der Waals surface area contributed by atoms with E-state index in [0.717, 1.165) is 12.1 Å². The molecule has 1 aliphatic heterocycles. The molecule has 0 aromatic heterocycles. The van der Waals surface area contributed by atoms with Crippen LogP contribution in [0.5, 0.6) is 11.5 Å². The molecule has 1 heterocycles. The molecule has 11 heteroatoms. The molecule has 0 saturated heterocycles. The first kappa shape index (κ1) is 20.2. The van der Waals surface area contributed by atoms with Gasteiger partial charge in [0.25, 0.3) is 15.9 Å². The van der Waals surface area contributed by atoms with Gasteiger partial charge in [0, 0.05) is 12.1 Å². The van der Waals surface area contributed by atoms with Crippen LogP contribution in [0.15, 0.2) is 29.2 Å². The fourth-order valence-corrected chi connectivity index (χ4v) is 5.00. The van der Waals surface area contributed by atoms with Gasteiger partial charge in [0.2, 0.25) is 0 Å². The highest BCUT2D eigenvalue weighted by atomic mass is 35.5. The van der Waals surface area contributed by atoms with Crippen molar-refractivity contribution in [3.8, 4) is 11.5 Å². The Hall–Kier alpha value is -2.49. The van der Waals surface area contributed by atoms with E-state index in [9.17, 15) is 28.2 Å². The minimum atomic E-state index is -4.31. The Balaban J connectivity index is 2.11. The Morgan fingerprint density at radius 1 is 1.25 bits per heavy atom. The fraction of sp³-hybridized carbons (Fsp3) is 0.176. The Bertz CT molecular complexity index is 1110. The smallest absolute Gasteiger partial charge is 0.338 e. The van der Waals surface area contributed by atoms with Crippen LogP contribution in [0.25, 0.3) is 0 Å². The van der Waals surface area contributed by atoms with Crippen molar-refractivity contribution in [2.24, 2.45) is 0 Å². The molecule has 148 valence electrons.